The maximum atomic E-state index is 13.4. The average molecular weight is 449 g/mol. The predicted octanol–water partition coefficient (Wildman–Crippen LogP) is 4.42. The molecule has 162 valence electrons. The molecule has 1 aromatic heterocycles. The third-order valence-corrected chi connectivity index (χ3v) is 6.89. The van der Waals surface area contributed by atoms with Crippen LogP contribution in [0.4, 0.5) is 23.7 Å². The fourth-order valence-electron chi connectivity index (χ4n) is 4.55. The zero-order valence-electron chi connectivity index (χ0n) is 16.2. The number of fused-ring (bicyclic) bond motifs is 2. The first-order valence-corrected chi connectivity index (χ1v) is 10.6. The van der Waals surface area contributed by atoms with Gasteiger partial charge in [-0.3, -0.25) is 15.1 Å². The fourth-order valence-corrected chi connectivity index (χ4v) is 5.09. The van der Waals surface area contributed by atoms with Crippen molar-refractivity contribution < 1.29 is 27.5 Å². The van der Waals surface area contributed by atoms with Crippen LogP contribution in [0.5, 0.6) is 0 Å². The summed E-state index contributed by atoms with van der Waals surface area (Å²) in [5.74, 6) is -0.0780. The van der Waals surface area contributed by atoms with Crippen molar-refractivity contribution in [3.8, 4) is 0 Å². The lowest BCUT2D eigenvalue weighted by atomic mass is 9.91. The Hall–Kier alpha value is -2.75. The Morgan fingerprint density at radius 2 is 1.90 bits per heavy atom. The van der Waals surface area contributed by atoms with Crippen LogP contribution in [0.1, 0.15) is 30.4 Å². The quantitative estimate of drug-likeness (QED) is 0.703. The van der Waals surface area contributed by atoms with E-state index in [-0.39, 0.29) is 29.1 Å². The number of ether oxygens (including phenoxy) is 1. The molecule has 2 aromatic rings. The number of carbonyl (C=O) groups excluding carboxylic acids is 2. The van der Waals surface area contributed by atoms with Gasteiger partial charge in [0.25, 0.3) is 0 Å². The molecule has 1 unspecified atom stereocenters. The highest BCUT2D eigenvalue weighted by atomic mass is 32.2. The number of alkyl halides is 3. The van der Waals surface area contributed by atoms with Gasteiger partial charge in [0.1, 0.15) is 0 Å². The van der Waals surface area contributed by atoms with Crippen LogP contribution < -0.4 is 5.32 Å². The Morgan fingerprint density at radius 3 is 2.58 bits per heavy atom. The van der Waals surface area contributed by atoms with Crippen molar-refractivity contribution in [1.29, 1.82) is 0 Å². The Kier molecular flexibility index (Phi) is 4.47. The molecule has 2 fully saturated rings. The van der Waals surface area contributed by atoms with E-state index in [0.717, 1.165) is 11.1 Å². The molecule has 2 amide bonds. The van der Waals surface area contributed by atoms with E-state index in [1.807, 2.05) is 0 Å². The molecule has 31 heavy (non-hydrogen) atoms. The zero-order valence-corrected chi connectivity index (χ0v) is 17.1. The number of thioether (sulfide) groups is 1. The average Bonchev–Trinajstić information content (AvgIpc) is 3.42. The second kappa shape index (κ2) is 6.88. The number of pyridine rings is 1. The standard InChI is InChI=1S/C21H18F3N3O3S/c22-21(23,24)31-14-3-1-13(2-4-14)19(6-7-19)17(28)27-10-8-20(12-27)15-5-9-25-11-16(15)26-18(29)30-20/h1-5,9,11H,6-8,10,12H2,(H,26,29). The summed E-state index contributed by atoms with van der Waals surface area (Å²) in [6.45, 7) is 0.664. The summed E-state index contributed by atoms with van der Waals surface area (Å²) in [6, 6.07) is 7.81. The Bertz CT molecular complexity index is 1060. The Labute approximate surface area is 180 Å². The smallest absolute Gasteiger partial charge is 0.436 e. The first-order chi connectivity index (χ1) is 14.7. The highest BCUT2D eigenvalue weighted by Crippen LogP contribution is 2.52. The van der Waals surface area contributed by atoms with E-state index in [4.69, 9.17) is 4.74 Å². The van der Waals surface area contributed by atoms with Crippen LogP contribution >= 0.6 is 11.8 Å². The Balaban J connectivity index is 1.37. The van der Waals surface area contributed by atoms with Gasteiger partial charge in [0.15, 0.2) is 5.60 Å². The van der Waals surface area contributed by atoms with Crippen LogP contribution in [0.25, 0.3) is 0 Å². The van der Waals surface area contributed by atoms with Gasteiger partial charge in [0.05, 0.1) is 23.8 Å². The number of carbonyl (C=O) groups is 2. The minimum atomic E-state index is -4.35. The van der Waals surface area contributed by atoms with Crippen molar-refractivity contribution in [1.82, 2.24) is 9.88 Å². The maximum Gasteiger partial charge on any atom is 0.446 e. The molecule has 6 nitrogen and oxygen atoms in total. The van der Waals surface area contributed by atoms with Crippen LogP contribution in [0.3, 0.4) is 0 Å². The number of hydrogen-bond donors (Lipinski definition) is 1. The maximum absolute atomic E-state index is 13.4. The molecule has 1 atom stereocenters. The van der Waals surface area contributed by atoms with Crippen molar-refractivity contribution in [2.24, 2.45) is 0 Å². The largest absolute Gasteiger partial charge is 0.446 e. The first kappa shape index (κ1) is 20.2. The summed E-state index contributed by atoms with van der Waals surface area (Å²) in [5, 5.41) is 2.64. The number of aromatic nitrogens is 1. The summed E-state index contributed by atoms with van der Waals surface area (Å²) in [7, 11) is 0. The normalized spacial score (nSPS) is 23.8. The molecule has 3 aliphatic rings. The number of rotatable bonds is 3. The molecule has 0 radical (unpaired) electrons. The van der Waals surface area contributed by atoms with Crippen LogP contribution in [0.15, 0.2) is 47.6 Å². The van der Waals surface area contributed by atoms with E-state index in [2.05, 4.69) is 10.3 Å². The number of hydrogen-bond acceptors (Lipinski definition) is 5. The number of anilines is 1. The van der Waals surface area contributed by atoms with Gasteiger partial charge in [-0.2, -0.15) is 13.2 Å². The van der Waals surface area contributed by atoms with Crippen molar-refractivity contribution in [3.05, 3.63) is 53.9 Å². The number of amides is 2. The van der Waals surface area contributed by atoms with Gasteiger partial charge in [-0.25, -0.2) is 4.79 Å². The van der Waals surface area contributed by atoms with Gasteiger partial charge in [0, 0.05) is 29.6 Å². The van der Waals surface area contributed by atoms with E-state index >= 15 is 0 Å². The summed E-state index contributed by atoms with van der Waals surface area (Å²) in [5.41, 5.74) is -3.90. The molecule has 1 aromatic carbocycles. The van der Waals surface area contributed by atoms with Crippen LogP contribution in [-0.4, -0.2) is 40.5 Å². The van der Waals surface area contributed by atoms with Crippen molar-refractivity contribution in [2.75, 3.05) is 18.4 Å². The summed E-state index contributed by atoms with van der Waals surface area (Å²) < 4.78 is 43.4. The summed E-state index contributed by atoms with van der Waals surface area (Å²) >= 11 is -0.172. The van der Waals surface area contributed by atoms with E-state index < -0.39 is 22.6 Å². The van der Waals surface area contributed by atoms with Gasteiger partial charge < -0.3 is 9.64 Å². The lowest BCUT2D eigenvalue weighted by molar-refractivity contribution is -0.134. The van der Waals surface area contributed by atoms with Crippen LogP contribution in [0.2, 0.25) is 0 Å². The van der Waals surface area contributed by atoms with Crippen LogP contribution in [0, 0.1) is 0 Å². The SMILES string of the molecule is O=C1Nc2cnccc2C2(CCN(C(=O)C3(c4ccc(SC(F)(F)F)cc4)CC3)C2)O1. The second-order valence-corrected chi connectivity index (χ2v) is 9.20. The second-order valence-electron chi connectivity index (χ2n) is 8.06. The third-order valence-electron chi connectivity index (χ3n) is 6.16. The molecule has 0 bridgehead atoms. The molecule has 1 saturated heterocycles. The molecular weight excluding hydrogens is 431 g/mol. The number of halogens is 3. The van der Waals surface area contributed by atoms with Gasteiger partial charge in [0.2, 0.25) is 5.91 Å². The van der Waals surface area contributed by atoms with E-state index in [0.29, 0.717) is 31.5 Å². The molecule has 10 heteroatoms. The highest BCUT2D eigenvalue weighted by molar-refractivity contribution is 8.00. The van der Waals surface area contributed by atoms with Crippen molar-refractivity contribution >= 4 is 29.4 Å². The topological polar surface area (TPSA) is 71.5 Å². The van der Waals surface area contributed by atoms with E-state index in [1.165, 1.54) is 12.1 Å². The van der Waals surface area contributed by atoms with Gasteiger partial charge in [-0.15, -0.1) is 0 Å². The molecule has 1 aliphatic carbocycles. The number of benzene rings is 1. The van der Waals surface area contributed by atoms with Crippen molar-refractivity contribution in [3.63, 3.8) is 0 Å². The van der Waals surface area contributed by atoms with Gasteiger partial charge in [-0.1, -0.05) is 12.1 Å². The number of nitrogens with one attached hydrogen (secondary N) is 1. The molecular formula is C21H18F3N3O3S. The lowest BCUT2D eigenvalue weighted by Crippen LogP contribution is -2.44. The minimum absolute atomic E-state index is 0.0780. The molecule has 5 rings (SSSR count). The van der Waals surface area contributed by atoms with E-state index in [1.54, 1.807) is 35.5 Å². The predicted molar refractivity (Wildman–Crippen MR) is 106 cm³/mol. The lowest BCUT2D eigenvalue weighted by Gasteiger charge is -2.35. The highest BCUT2D eigenvalue weighted by Gasteiger charge is 2.57. The molecule has 2 aliphatic heterocycles. The van der Waals surface area contributed by atoms with Gasteiger partial charge in [-0.05, 0) is 48.4 Å². The summed E-state index contributed by atoms with van der Waals surface area (Å²) in [4.78, 5) is 31.3. The van der Waals surface area contributed by atoms with Gasteiger partial charge >= 0.3 is 11.6 Å². The molecule has 1 N–H and O–H groups in total. The van der Waals surface area contributed by atoms with Crippen LogP contribution in [-0.2, 0) is 20.5 Å². The molecule has 1 spiro atoms. The fraction of sp³-hybridized carbons (Fsp3) is 0.381. The summed E-state index contributed by atoms with van der Waals surface area (Å²) in [6.07, 6.45) is 4.36. The first-order valence-electron chi connectivity index (χ1n) is 9.81. The zero-order chi connectivity index (χ0) is 21.9. The number of likely N-dealkylation sites (tertiary alicyclic amines) is 1. The third kappa shape index (κ3) is 3.52. The molecule has 3 heterocycles. The number of nitrogens with zero attached hydrogens (tertiary/aromatic N) is 2. The minimum Gasteiger partial charge on any atom is -0.436 e. The Morgan fingerprint density at radius 1 is 1.16 bits per heavy atom. The monoisotopic (exact) mass is 449 g/mol. The molecule has 1 saturated carbocycles. The van der Waals surface area contributed by atoms with E-state index in [9.17, 15) is 22.8 Å². The van der Waals surface area contributed by atoms with Crippen molar-refractivity contribution in [2.45, 2.75) is 40.7 Å².